The van der Waals surface area contributed by atoms with Crippen LogP contribution in [0, 0.1) is 11.8 Å². The van der Waals surface area contributed by atoms with Crippen molar-refractivity contribution in [1.29, 1.82) is 0 Å². The second kappa shape index (κ2) is 2.48. The molecular formula is C10H19N. The van der Waals surface area contributed by atoms with Gasteiger partial charge in [0, 0.05) is 5.54 Å². The molecule has 0 spiro atoms. The van der Waals surface area contributed by atoms with E-state index in [1.807, 2.05) is 0 Å². The van der Waals surface area contributed by atoms with Crippen molar-refractivity contribution in [3.05, 3.63) is 0 Å². The number of rotatable bonds is 1. The van der Waals surface area contributed by atoms with E-state index in [0.717, 1.165) is 11.8 Å². The maximum atomic E-state index is 3.59. The van der Waals surface area contributed by atoms with Crippen LogP contribution in [0.3, 0.4) is 0 Å². The monoisotopic (exact) mass is 153 g/mol. The zero-order valence-electron chi connectivity index (χ0n) is 7.69. The van der Waals surface area contributed by atoms with E-state index >= 15 is 0 Å². The van der Waals surface area contributed by atoms with Crippen LogP contribution in [0.15, 0.2) is 0 Å². The molecule has 1 nitrogen and oxygen atoms in total. The molecule has 2 fully saturated rings. The van der Waals surface area contributed by atoms with E-state index < -0.39 is 0 Å². The van der Waals surface area contributed by atoms with Gasteiger partial charge in [-0.2, -0.15) is 0 Å². The summed E-state index contributed by atoms with van der Waals surface area (Å²) in [6.07, 6.45) is 5.79. The second-order valence-corrected chi connectivity index (χ2v) is 4.61. The molecule has 0 aromatic heterocycles. The van der Waals surface area contributed by atoms with Gasteiger partial charge in [0.05, 0.1) is 0 Å². The maximum absolute atomic E-state index is 3.59. The zero-order chi connectivity index (χ0) is 7.90. The van der Waals surface area contributed by atoms with Crippen LogP contribution in [-0.2, 0) is 0 Å². The molecule has 1 heteroatoms. The van der Waals surface area contributed by atoms with E-state index in [0.29, 0.717) is 5.54 Å². The Balaban J connectivity index is 2.02. The third-order valence-electron chi connectivity index (χ3n) is 3.85. The summed E-state index contributed by atoms with van der Waals surface area (Å²) in [5.41, 5.74) is 0.524. The quantitative estimate of drug-likeness (QED) is 0.609. The van der Waals surface area contributed by atoms with Crippen molar-refractivity contribution < 1.29 is 0 Å². The molecule has 3 atom stereocenters. The second-order valence-electron chi connectivity index (χ2n) is 4.61. The van der Waals surface area contributed by atoms with Crippen LogP contribution in [0.25, 0.3) is 0 Å². The summed E-state index contributed by atoms with van der Waals surface area (Å²) in [5.74, 6) is 1.93. The fourth-order valence-electron chi connectivity index (χ4n) is 2.93. The van der Waals surface area contributed by atoms with Crippen LogP contribution >= 0.6 is 0 Å². The predicted octanol–water partition coefficient (Wildman–Crippen LogP) is 2.17. The van der Waals surface area contributed by atoms with Gasteiger partial charge in [0.15, 0.2) is 0 Å². The first-order chi connectivity index (χ1) is 5.22. The van der Waals surface area contributed by atoms with Crippen LogP contribution in [0.1, 0.15) is 39.5 Å². The lowest BCUT2D eigenvalue weighted by atomic mass is 9.73. The molecule has 11 heavy (non-hydrogen) atoms. The van der Waals surface area contributed by atoms with Gasteiger partial charge in [0.1, 0.15) is 0 Å². The van der Waals surface area contributed by atoms with Crippen LogP contribution in [0.4, 0.5) is 0 Å². The van der Waals surface area contributed by atoms with E-state index in [2.05, 4.69) is 19.2 Å². The lowest BCUT2D eigenvalue weighted by Gasteiger charge is -2.46. The summed E-state index contributed by atoms with van der Waals surface area (Å²) in [7, 11) is 0. The molecule has 1 heterocycles. The smallest absolute Gasteiger partial charge is 0.0196 e. The van der Waals surface area contributed by atoms with Crippen molar-refractivity contribution >= 4 is 0 Å². The highest BCUT2D eigenvalue weighted by molar-refractivity contribution is 5.01. The summed E-state index contributed by atoms with van der Waals surface area (Å²) in [6.45, 7) is 6.08. The minimum Gasteiger partial charge on any atom is -0.311 e. The van der Waals surface area contributed by atoms with Gasteiger partial charge >= 0.3 is 0 Å². The first-order valence-corrected chi connectivity index (χ1v) is 4.97. The van der Waals surface area contributed by atoms with Crippen LogP contribution < -0.4 is 5.32 Å². The molecule has 2 rings (SSSR count). The van der Waals surface area contributed by atoms with Gasteiger partial charge in [-0.05, 0) is 38.1 Å². The molecule has 1 aliphatic carbocycles. The fraction of sp³-hybridized carbons (Fsp3) is 1.00. The predicted molar refractivity (Wildman–Crippen MR) is 47.5 cm³/mol. The molecule has 2 aliphatic rings. The van der Waals surface area contributed by atoms with Gasteiger partial charge < -0.3 is 5.32 Å². The lowest BCUT2D eigenvalue weighted by Crippen LogP contribution is -2.59. The van der Waals surface area contributed by atoms with Crippen molar-refractivity contribution in [1.82, 2.24) is 5.32 Å². The molecule has 1 aliphatic heterocycles. The minimum absolute atomic E-state index is 0.524. The Bertz CT molecular complexity index is 149. The lowest BCUT2D eigenvalue weighted by molar-refractivity contribution is 0.115. The number of hydrogen-bond donors (Lipinski definition) is 1. The summed E-state index contributed by atoms with van der Waals surface area (Å²) in [6, 6.07) is 0. The fourth-order valence-corrected chi connectivity index (χ4v) is 2.93. The molecule has 1 saturated heterocycles. The average molecular weight is 153 g/mol. The van der Waals surface area contributed by atoms with Crippen molar-refractivity contribution in [3.63, 3.8) is 0 Å². The van der Waals surface area contributed by atoms with Crippen molar-refractivity contribution in [2.75, 3.05) is 6.54 Å². The first kappa shape index (κ1) is 7.60. The number of nitrogens with one attached hydrogen (secondary N) is 1. The molecule has 1 N–H and O–H groups in total. The third-order valence-corrected chi connectivity index (χ3v) is 3.85. The van der Waals surface area contributed by atoms with E-state index in [1.165, 1.54) is 32.2 Å². The highest BCUT2D eigenvalue weighted by atomic mass is 15.0. The molecule has 0 aromatic rings. The molecule has 3 unspecified atom stereocenters. The van der Waals surface area contributed by atoms with E-state index in [4.69, 9.17) is 0 Å². The van der Waals surface area contributed by atoms with E-state index in [1.54, 1.807) is 0 Å². The Kier molecular flexibility index (Phi) is 1.71. The highest BCUT2D eigenvalue weighted by Gasteiger charge is 2.43. The summed E-state index contributed by atoms with van der Waals surface area (Å²) in [5, 5.41) is 3.59. The Hall–Kier alpha value is -0.0400. The van der Waals surface area contributed by atoms with Gasteiger partial charge in [-0.25, -0.2) is 0 Å². The Morgan fingerprint density at radius 2 is 2.09 bits per heavy atom. The van der Waals surface area contributed by atoms with Crippen molar-refractivity contribution in [2.24, 2.45) is 11.8 Å². The van der Waals surface area contributed by atoms with Gasteiger partial charge in [-0.15, -0.1) is 0 Å². The average Bonchev–Trinajstić information content (AvgIpc) is 2.30. The molecule has 0 radical (unpaired) electrons. The van der Waals surface area contributed by atoms with Crippen molar-refractivity contribution in [3.8, 4) is 0 Å². The molecule has 64 valence electrons. The van der Waals surface area contributed by atoms with E-state index in [9.17, 15) is 0 Å². The largest absolute Gasteiger partial charge is 0.311 e. The zero-order valence-corrected chi connectivity index (χ0v) is 7.69. The Morgan fingerprint density at radius 3 is 2.45 bits per heavy atom. The van der Waals surface area contributed by atoms with Crippen LogP contribution in [-0.4, -0.2) is 12.1 Å². The molecular weight excluding hydrogens is 134 g/mol. The Labute approximate surface area is 69.6 Å². The van der Waals surface area contributed by atoms with Crippen LogP contribution in [0.2, 0.25) is 0 Å². The maximum Gasteiger partial charge on any atom is 0.0196 e. The Morgan fingerprint density at radius 1 is 1.36 bits per heavy atom. The SMILES string of the molecule is CC1CCCC1C1(C)CCN1. The standard InChI is InChI=1S/C10H19N/c1-8-4-3-5-9(8)10(2)6-7-11-10/h8-9,11H,3-7H2,1-2H3. The summed E-state index contributed by atoms with van der Waals surface area (Å²) < 4.78 is 0. The first-order valence-electron chi connectivity index (χ1n) is 4.97. The number of hydrogen-bond acceptors (Lipinski definition) is 1. The van der Waals surface area contributed by atoms with Crippen LogP contribution in [0.5, 0.6) is 0 Å². The van der Waals surface area contributed by atoms with Gasteiger partial charge in [0.25, 0.3) is 0 Å². The minimum atomic E-state index is 0.524. The van der Waals surface area contributed by atoms with Gasteiger partial charge in [0.2, 0.25) is 0 Å². The topological polar surface area (TPSA) is 12.0 Å². The summed E-state index contributed by atoms with van der Waals surface area (Å²) >= 11 is 0. The molecule has 1 saturated carbocycles. The third kappa shape index (κ3) is 1.10. The van der Waals surface area contributed by atoms with Gasteiger partial charge in [-0.3, -0.25) is 0 Å². The summed E-state index contributed by atoms with van der Waals surface area (Å²) in [4.78, 5) is 0. The van der Waals surface area contributed by atoms with E-state index in [-0.39, 0.29) is 0 Å². The normalized spacial score (nSPS) is 50.7. The molecule has 0 aromatic carbocycles. The van der Waals surface area contributed by atoms with Gasteiger partial charge in [-0.1, -0.05) is 19.8 Å². The molecule has 0 amide bonds. The molecule has 0 bridgehead atoms. The highest BCUT2D eigenvalue weighted by Crippen LogP contribution is 2.42. The van der Waals surface area contributed by atoms with Crippen molar-refractivity contribution in [2.45, 2.75) is 45.1 Å².